The Labute approximate surface area is 419 Å². The smallest absolute Gasteiger partial charge is 0.220 e. The number of carbonyl (C=O) groups excluding carboxylic acids is 1. The van der Waals surface area contributed by atoms with Crippen LogP contribution >= 0.6 is 0 Å². The Balaban J connectivity index is 3.53. The molecule has 0 saturated heterocycles. The molecule has 1 amide bonds. The van der Waals surface area contributed by atoms with Gasteiger partial charge in [-0.05, 0) is 83.5 Å². The molecule has 0 radical (unpaired) electrons. The normalized spacial score (nSPS) is 13.3. The summed E-state index contributed by atoms with van der Waals surface area (Å²) in [5.74, 6) is -0.0758. The van der Waals surface area contributed by atoms with Gasteiger partial charge in [-0.25, -0.2) is 0 Å². The molecule has 0 spiro atoms. The Bertz CT molecular complexity index is 1150. The van der Waals surface area contributed by atoms with Gasteiger partial charge in [-0.2, -0.15) is 0 Å². The number of amides is 1. The molecule has 0 aliphatic carbocycles. The van der Waals surface area contributed by atoms with E-state index in [1.807, 2.05) is 6.08 Å². The van der Waals surface area contributed by atoms with Crippen molar-refractivity contribution in [2.75, 3.05) is 6.61 Å². The van der Waals surface area contributed by atoms with Crippen LogP contribution in [0, 0.1) is 0 Å². The number of allylic oxidation sites excluding steroid dienone is 11. The van der Waals surface area contributed by atoms with Crippen molar-refractivity contribution in [2.24, 2.45) is 0 Å². The fourth-order valence-corrected chi connectivity index (χ4v) is 8.87. The van der Waals surface area contributed by atoms with E-state index in [9.17, 15) is 15.0 Å². The molecule has 0 aliphatic heterocycles. The Morgan fingerprint density at radius 2 is 0.627 bits per heavy atom. The van der Waals surface area contributed by atoms with Crippen LogP contribution in [-0.4, -0.2) is 34.9 Å². The van der Waals surface area contributed by atoms with E-state index in [2.05, 4.69) is 79.9 Å². The number of unbranched alkanes of at least 4 members (excludes halogenated alkanes) is 37. The number of nitrogens with one attached hydrogen (secondary N) is 1. The van der Waals surface area contributed by atoms with Crippen LogP contribution in [-0.2, 0) is 4.79 Å². The van der Waals surface area contributed by atoms with Gasteiger partial charge >= 0.3 is 0 Å². The van der Waals surface area contributed by atoms with Crippen LogP contribution in [0.2, 0.25) is 0 Å². The highest BCUT2D eigenvalue weighted by atomic mass is 16.3. The van der Waals surface area contributed by atoms with Crippen molar-refractivity contribution in [2.45, 2.75) is 315 Å². The quantitative estimate of drug-likeness (QED) is 0.0420. The summed E-state index contributed by atoms with van der Waals surface area (Å²) in [7, 11) is 0. The summed E-state index contributed by atoms with van der Waals surface area (Å²) < 4.78 is 0. The third kappa shape index (κ3) is 54.6. The second-order valence-electron chi connectivity index (χ2n) is 20.0. The summed E-state index contributed by atoms with van der Waals surface area (Å²) in [5, 5.41) is 23.2. The first kappa shape index (κ1) is 64.8. The molecule has 0 aromatic heterocycles. The molecule has 2 atom stereocenters. The predicted octanol–water partition coefficient (Wildman–Crippen LogP) is 19.8. The largest absolute Gasteiger partial charge is 0.394 e. The van der Waals surface area contributed by atoms with Gasteiger partial charge in [-0.1, -0.05) is 286 Å². The molecule has 0 aromatic rings. The molecule has 0 heterocycles. The predicted molar refractivity (Wildman–Crippen MR) is 299 cm³/mol. The molecule has 0 rings (SSSR count). The summed E-state index contributed by atoms with van der Waals surface area (Å²) in [6.07, 6.45) is 83.6. The molecule has 390 valence electrons. The summed E-state index contributed by atoms with van der Waals surface area (Å²) in [6.45, 7) is 4.30. The molecule has 2 unspecified atom stereocenters. The highest BCUT2D eigenvalue weighted by Gasteiger charge is 2.18. The molecule has 0 aromatic carbocycles. The third-order valence-electron chi connectivity index (χ3n) is 13.4. The van der Waals surface area contributed by atoms with Gasteiger partial charge in [0.05, 0.1) is 18.8 Å². The van der Waals surface area contributed by atoms with Gasteiger partial charge in [0.25, 0.3) is 0 Å². The maximum absolute atomic E-state index is 12.5. The van der Waals surface area contributed by atoms with E-state index >= 15 is 0 Å². The number of hydrogen-bond donors (Lipinski definition) is 3. The number of carbonyl (C=O) groups is 1. The average Bonchev–Trinajstić information content (AvgIpc) is 3.33. The third-order valence-corrected chi connectivity index (χ3v) is 13.4. The minimum Gasteiger partial charge on any atom is -0.394 e. The fourth-order valence-electron chi connectivity index (χ4n) is 8.87. The zero-order valence-corrected chi connectivity index (χ0v) is 44.9. The van der Waals surface area contributed by atoms with E-state index in [1.165, 1.54) is 231 Å². The van der Waals surface area contributed by atoms with Crippen LogP contribution in [0.3, 0.4) is 0 Å². The van der Waals surface area contributed by atoms with Crippen molar-refractivity contribution in [1.29, 1.82) is 0 Å². The van der Waals surface area contributed by atoms with Crippen LogP contribution in [0.4, 0.5) is 0 Å². The topological polar surface area (TPSA) is 69.6 Å². The Kier molecular flexibility index (Phi) is 56.3. The SMILES string of the molecule is CCCCCCC/C=C\C/C=C\C/C=C\CCCCCCCCCCCCCCCCCCCCC(=O)NC(CO)C(O)/C=C/CC/C=C/CC/C=C/CCCCCCCCCCCCCC. The number of aliphatic hydroxyl groups is 2. The van der Waals surface area contributed by atoms with Crippen molar-refractivity contribution in [3.63, 3.8) is 0 Å². The highest BCUT2D eigenvalue weighted by molar-refractivity contribution is 5.76. The van der Waals surface area contributed by atoms with Crippen molar-refractivity contribution >= 4 is 5.91 Å². The van der Waals surface area contributed by atoms with Crippen LogP contribution < -0.4 is 5.32 Å². The van der Waals surface area contributed by atoms with Crippen molar-refractivity contribution in [3.05, 3.63) is 72.9 Å². The second-order valence-corrected chi connectivity index (χ2v) is 20.0. The first-order valence-electron chi connectivity index (χ1n) is 29.7. The van der Waals surface area contributed by atoms with Crippen LogP contribution in [0.1, 0.15) is 303 Å². The first-order valence-corrected chi connectivity index (χ1v) is 29.7. The lowest BCUT2D eigenvalue weighted by Crippen LogP contribution is -2.45. The molecular formula is C63H115NO3. The van der Waals surface area contributed by atoms with Crippen molar-refractivity contribution in [1.82, 2.24) is 5.32 Å². The van der Waals surface area contributed by atoms with Crippen LogP contribution in [0.5, 0.6) is 0 Å². The lowest BCUT2D eigenvalue weighted by molar-refractivity contribution is -0.123. The molecular weight excluding hydrogens is 819 g/mol. The van der Waals surface area contributed by atoms with Crippen LogP contribution in [0.25, 0.3) is 0 Å². The van der Waals surface area contributed by atoms with Gasteiger partial charge in [-0.15, -0.1) is 0 Å². The Morgan fingerprint density at radius 3 is 0.970 bits per heavy atom. The average molecular weight is 935 g/mol. The fraction of sp³-hybridized carbons (Fsp3) is 0.794. The Hall–Kier alpha value is -2.17. The molecule has 0 fully saturated rings. The molecule has 0 saturated carbocycles. The molecule has 3 N–H and O–H groups in total. The lowest BCUT2D eigenvalue weighted by atomic mass is 10.0. The molecule has 0 bridgehead atoms. The second kappa shape index (κ2) is 58.1. The van der Waals surface area contributed by atoms with Crippen molar-refractivity contribution < 1.29 is 15.0 Å². The molecule has 0 aliphatic rings. The summed E-state index contributed by atoms with van der Waals surface area (Å²) in [4.78, 5) is 12.5. The first-order chi connectivity index (χ1) is 33.2. The van der Waals surface area contributed by atoms with E-state index < -0.39 is 12.1 Å². The standard InChI is InChI=1S/C63H115NO3/c1-3-5-7-9-11-13-15-17-19-21-23-25-27-28-29-30-31-32-33-34-35-36-37-39-41-43-45-47-49-51-53-55-57-59-63(67)64-61(60-65)62(66)58-56-54-52-50-48-46-44-42-40-38-26-24-22-20-18-16-14-12-10-8-6-4-2/h15,17,21,23,27-28,40,42,48,50,56,58,61-62,65-66H,3-14,16,18-20,22,24-26,29-39,41,43-47,49,51-55,57,59-60H2,1-2H3,(H,64,67)/b17-15-,23-21-,28-27-,42-40+,50-48+,58-56+. The number of hydrogen-bond acceptors (Lipinski definition) is 3. The van der Waals surface area contributed by atoms with Crippen molar-refractivity contribution in [3.8, 4) is 0 Å². The van der Waals surface area contributed by atoms with Gasteiger partial charge in [0.1, 0.15) is 0 Å². The minimum atomic E-state index is -0.873. The Morgan fingerprint density at radius 1 is 0.358 bits per heavy atom. The van der Waals surface area contributed by atoms with E-state index in [4.69, 9.17) is 0 Å². The number of aliphatic hydroxyl groups excluding tert-OH is 2. The number of rotatable bonds is 54. The molecule has 4 heteroatoms. The zero-order valence-electron chi connectivity index (χ0n) is 44.9. The van der Waals surface area contributed by atoms with E-state index in [0.717, 1.165) is 51.4 Å². The monoisotopic (exact) mass is 934 g/mol. The molecule has 4 nitrogen and oxygen atoms in total. The van der Waals surface area contributed by atoms with E-state index in [-0.39, 0.29) is 12.5 Å². The zero-order chi connectivity index (χ0) is 48.5. The summed E-state index contributed by atoms with van der Waals surface area (Å²) in [6, 6.07) is -0.648. The maximum atomic E-state index is 12.5. The maximum Gasteiger partial charge on any atom is 0.220 e. The van der Waals surface area contributed by atoms with Gasteiger partial charge in [0.2, 0.25) is 5.91 Å². The van der Waals surface area contributed by atoms with Gasteiger partial charge in [-0.3, -0.25) is 4.79 Å². The minimum absolute atomic E-state index is 0.0758. The summed E-state index contributed by atoms with van der Waals surface area (Å²) in [5.41, 5.74) is 0. The highest BCUT2D eigenvalue weighted by Crippen LogP contribution is 2.16. The van der Waals surface area contributed by atoms with Gasteiger partial charge < -0.3 is 15.5 Å². The van der Waals surface area contributed by atoms with Crippen LogP contribution in [0.15, 0.2) is 72.9 Å². The van der Waals surface area contributed by atoms with E-state index in [1.54, 1.807) is 6.08 Å². The van der Waals surface area contributed by atoms with E-state index in [0.29, 0.717) is 6.42 Å². The lowest BCUT2D eigenvalue weighted by Gasteiger charge is -2.19. The van der Waals surface area contributed by atoms with Gasteiger partial charge in [0.15, 0.2) is 0 Å². The molecule has 67 heavy (non-hydrogen) atoms. The summed E-state index contributed by atoms with van der Waals surface area (Å²) >= 11 is 0. The van der Waals surface area contributed by atoms with Gasteiger partial charge in [0, 0.05) is 6.42 Å².